The molecule has 0 spiro atoms. The smallest absolute Gasteiger partial charge is 0.408 e. The van der Waals surface area contributed by atoms with E-state index in [9.17, 15) is 14.4 Å². The number of nitrogens with one attached hydrogen (secondary N) is 2. The first-order valence-corrected chi connectivity index (χ1v) is 12.6. The molecule has 0 aliphatic rings. The van der Waals surface area contributed by atoms with Gasteiger partial charge in [0, 0.05) is 18.2 Å². The second kappa shape index (κ2) is 13.8. The predicted octanol–water partition coefficient (Wildman–Crippen LogP) is 4.80. The van der Waals surface area contributed by atoms with Crippen molar-refractivity contribution in [2.75, 3.05) is 6.54 Å². The quantitative estimate of drug-likeness (QED) is 0.441. The molecular weight excluding hydrogens is 442 g/mol. The molecule has 0 aliphatic heterocycles. The number of nitrogens with zero attached hydrogens (tertiary/aromatic N) is 1. The average Bonchev–Trinajstić information content (AvgIpc) is 2.78. The topological polar surface area (TPSA) is 87.7 Å². The molecule has 4 unspecified atom stereocenters. The maximum atomic E-state index is 13.9. The number of amides is 3. The van der Waals surface area contributed by atoms with Crippen molar-refractivity contribution < 1.29 is 19.1 Å². The summed E-state index contributed by atoms with van der Waals surface area (Å²) in [5.74, 6) is 1.79. The summed E-state index contributed by atoms with van der Waals surface area (Å²) in [6.45, 7) is 15.2. The van der Waals surface area contributed by atoms with Crippen LogP contribution in [0.4, 0.5) is 4.79 Å². The van der Waals surface area contributed by atoms with E-state index in [1.807, 2.05) is 27.7 Å². The third-order valence-corrected chi connectivity index (χ3v) is 5.86. The zero-order chi connectivity index (χ0) is 26.8. The summed E-state index contributed by atoms with van der Waals surface area (Å²) in [4.78, 5) is 41.6. The molecule has 1 rings (SSSR count). The van der Waals surface area contributed by atoms with E-state index in [1.165, 1.54) is 4.90 Å². The number of hydrogen-bond acceptors (Lipinski definition) is 4. The number of alkyl carbamates (subject to hydrolysis) is 1. The average molecular weight is 486 g/mol. The Morgan fingerprint density at radius 1 is 1.09 bits per heavy atom. The van der Waals surface area contributed by atoms with Crippen LogP contribution in [0, 0.1) is 18.3 Å². The second-order valence-corrected chi connectivity index (χ2v) is 9.97. The molecule has 0 heterocycles. The lowest BCUT2D eigenvalue weighted by molar-refractivity contribution is -0.143. The Hall–Kier alpha value is -3.01. The van der Waals surface area contributed by atoms with Gasteiger partial charge in [0.25, 0.3) is 0 Å². The SMILES string of the molecule is C#Cc1ccccc1C(C(=O)NC(C)CCC)N(CC)C(=O)C(NC(=O)OC(C)(C)C)C(C)CC. The Bertz CT molecular complexity index is 900. The number of benzene rings is 1. The van der Waals surface area contributed by atoms with Gasteiger partial charge in [-0.1, -0.05) is 57.7 Å². The molecule has 7 heteroatoms. The normalized spacial score (nSPS) is 14.6. The van der Waals surface area contributed by atoms with Crippen LogP contribution < -0.4 is 10.6 Å². The van der Waals surface area contributed by atoms with Crippen molar-refractivity contribution in [2.24, 2.45) is 5.92 Å². The summed E-state index contributed by atoms with van der Waals surface area (Å²) in [6, 6.07) is 5.27. The highest BCUT2D eigenvalue weighted by Gasteiger charge is 2.38. The highest BCUT2D eigenvalue weighted by molar-refractivity contribution is 5.92. The summed E-state index contributed by atoms with van der Waals surface area (Å²) >= 11 is 0. The molecular formula is C28H43N3O4. The van der Waals surface area contributed by atoms with Crippen LogP contribution in [0.5, 0.6) is 0 Å². The summed E-state index contributed by atoms with van der Waals surface area (Å²) < 4.78 is 5.41. The summed E-state index contributed by atoms with van der Waals surface area (Å²) in [7, 11) is 0. The molecule has 7 nitrogen and oxygen atoms in total. The van der Waals surface area contributed by atoms with Crippen molar-refractivity contribution in [3.05, 3.63) is 35.4 Å². The van der Waals surface area contributed by atoms with Gasteiger partial charge >= 0.3 is 6.09 Å². The molecule has 1 aromatic carbocycles. The van der Waals surface area contributed by atoms with E-state index in [2.05, 4.69) is 23.5 Å². The zero-order valence-electron chi connectivity index (χ0n) is 22.6. The van der Waals surface area contributed by atoms with Gasteiger partial charge in [0.05, 0.1) is 0 Å². The Balaban J connectivity index is 3.48. The lowest BCUT2D eigenvalue weighted by atomic mass is 9.94. The minimum atomic E-state index is -0.939. The molecule has 35 heavy (non-hydrogen) atoms. The van der Waals surface area contributed by atoms with Gasteiger partial charge < -0.3 is 20.3 Å². The van der Waals surface area contributed by atoms with Crippen LogP contribution in [0.25, 0.3) is 0 Å². The Morgan fingerprint density at radius 3 is 2.23 bits per heavy atom. The Labute approximate surface area is 211 Å². The van der Waals surface area contributed by atoms with Crippen molar-refractivity contribution >= 4 is 17.9 Å². The molecule has 0 aromatic heterocycles. The minimum absolute atomic E-state index is 0.0629. The standard InChI is InChI=1S/C28H43N3O4/c1-10-16-20(6)29-25(32)24(22-18-15-14-17-21(22)12-3)31(13-4)26(33)23(19(5)11-2)30-27(34)35-28(7,8)9/h3,14-15,17-20,23-24H,10-11,13,16H2,1-2,4-9H3,(H,29,32)(H,30,34). The fourth-order valence-corrected chi connectivity index (χ4v) is 3.91. The van der Waals surface area contributed by atoms with Crippen molar-refractivity contribution in [3.8, 4) is 12.3 Å². The summed E-state index contributed by atoms with van der Waals surface area (Å²) in [5, 5.41) is 5.79. The van der Waals surface area contributed by atoms with Gasteiger partial charge in [-0.15, -0.1) is 6.42 Å². The maximum Gasteiger partial charge on any atom is 0.408 e. The van der Waals surface area contributed by atoms with E-state index in [0.717, 1.165) is 12.8 Å². The second-order valence-electron chi connectivity index (χ2n) is 9.97. The molecule has 0 saturated heterocycles. The van der Waals surface area contributed by atoms with E-state index in [-0.39, 0.29) is 30.3 Å². The highest BCUT2D eigenvalue weighted by Crippen LogP contribution is 2.27. The van der Waals surface area contributed by atoms with Crippen LogP contribution in [-0.4, -0.2) is 47.0 Å². The molecule has 0 saturated carbocycles. The molecule has 194 valence electrons. The van der Waals surface area contributed by atoms with E-state index in [0.29, 0.717) is 17.5 Å². The summed E-state index contributed by atoms with van der Waals surface area (Å²) in [5.41, 5.74) is 0.412. The van der Waals surface area contributed by atoms with Crippen LogP contribution in [0.3, 0.4) is 0 Å². The van der Waals surface area contributed by atoms with Crippen LogP contribution in [0.2, 0.25) is 0 Å². The Kier molecular flexibility index (Phi) is 11.8. The van der Waals surface area contributed by atoms with Crippen LogP contribution in [0.1, 0.15) is 91.8 Å². The molecule has 0 aliphatic carbocycles. The number of likely N-dealkylation sites (N-methyl/N-ethyl adjacent to an activating group) is 1. The van der Waals surface area contributed by atoms with Gasteiger partial charge in [-0.3, -0.25) is 9.59 Å². The van der Waals surface area contributed by atoms with Crippen LogP contribution in [-0.2, 0) is 14.3 Å². The third kappa shape index (κ3) is 8.93. The molecule has 0 radical (unpaired) electrons. The highest BCUT2D eigenvalue weighted by atomic mass is 16.6. The van der Waals surface area contributed by atoms with Gasteiger partial charge in [0.1, 0.15) is 17.7 Å². The molecule has 1 aromatic rings. The number of carbonyl (C=O) groups is 3. The predicted molar refractivity (Wildman–Crippen MR) is 140 cm³/mol. The van der Waals surface area contributed by atoms with Crippen LogP contribution in [0.15, 0.2) is 24.3 Å². The van der Waals surface area contributed by atoms with Crippen molar-refractivity contribution in [1.29, 1.82) is 0 Å². The number of terminal acetylenes is 1. The van der Waals surface area contributed by atoms with Crippen molar-refractivity contribution in [1.82, 2.24) is 15.5 Å². The molecule has 4 atom stereocenters. The number of carbonyl (C=O) groups excluding carboxylic acids is 3. The van der Waals surface area contributed by atoms with E-state index in [4.69, 9.17) is 11.2 Å². The molecule has 0 bridgehead atoms. The molecule has 0 fully saturated rings. The van der Waals surface area contributed by atoms with E-state index in [1.54, 1.807) is 45.0 Å². The first-order valence-electron chi connectivity index (χ1n) is 12.6. The Morgan fingerprint density at radius 2 is 1.71 bits per heavy atom. The van der Waals surface area contributed by atoms with Crippen molar-refractivity contribution in [2.45, 2.75) is 98.4 Å². The number of hydrogen-bond donors (Lipinski definition) is 2. The third-order valence-electron chi connectivity index (χ3n) is 5.86. The fourth-order valence-electron chi connectivity index (χ4n) is 3.91. The number of ether oxygens (including phenoxy) is 1. The lowest BCUT2D eigenvalue weighted by Gasteiger charge is -2.36. The van der Waals surface area contributed by atoms with E-state index >= 15 is 0 Å². The van der Waals surface area contributed by atoms with Crippen LogP contribution >= 0.6 is 0 Å². The largest absolute Gasteiger partial charge is 0.444 e. The van der Waals surface area contributed by atoms with Gasteiger partial charge in [-0.05, 0) is 58.6 Å². The van der Waals surface area contributed by atoms with Gasteiger partial charge in [-0.2, -0.15) is 0 Å². The van der Waals surface area contributed by atoms with Gasteiger partial charge in [0.2, 0.25) is 11.8 Å². The monoisotopic (exact) mass is 485 g/mol. The fraction of sp³-hybridized carbons (Fsp3) is 0.607. The first-order chi connectivity index (χ1) is 16.4. The first kappa shape index (κ1) is 30.0. The van der Waals surface area contributed by atoms with Crippen molar-refractivity contribution in [3.63, 3.8) is 0 Å². The van der Waals surface area contributed by atoms with E-state index < -0.39 is 23.8 Å². The van der Waals surface area contributed by atoms with Gasteiger partial charge in [0.15, 0.2) is 0 Å². The zero-order valence-corrected chi connectivity index (χ0v) is 22.6. The molecule has 2 N–H and O–H groups in total. The lowest BCUT2D eigenvalue weighted by Crippen LogP contribution is -2.55. The number of rotatable bonds is 11. The van der Waals surface area contributed by atoms with Gasteiger partial charge in [-0.25, -0.2) is 4.79 Å². The molecule has 3 amide bonds. The minimum Gasteiger partial charge on any atom is -0.444 e. The summed E-state index contributed by atoms with van der Waals surface area (Å²) in [6.07, 6.45) is 7.45. The maximum absolute atomic E-state index is 13.9.